The third-order valence-corrected chi connectivity index (χ3v) is 3.27. The van der Waals surface area contributed by atoms with E-state index in [2.05, 4.69) is 26.1 Å². The van der Waals surface area contributed by atoms with E-state index in [-0.39, 0.29) is 11.9 Å². The quantitative estimate of drug-likeness (QED) is 0.795. The monoisotopic (exact) mass is 253 g/mol. The van der Waals surface area contributed by atoms with Crippen LogP contribution < -0.4 is 10.1 Å². The van der Waals surface area contributed by atoms with Gasteiger partial charge in [0, 0.05) is 6.04 Å². The summed E-state index contributed by atoms with van der Waals surface area (Å²) in [7, 11) is 1.50. The molecule has 0 heterocycles. The first-order chi connectivity index (χ1) is 8.63. The molecule has 0 saturated heterocycles. The van der Waals surface area contributed by atoms with Crippen molar-refractivity contribution in [1.82, 2.24) is 5.32 Å². The van der Waals surface area contributed by atoms with Gasteiger partial charge in [-0.05, 0) is 36.6 Å². The Morgan fingerprint density at radius 1 is 1.33 bits per heavy atom. The summed E-state index contributed by atoms with van der Waals surface area (Å²) in [6.07, 6.45) is 2.30. The van der Waals surface area contributed by atoms with Crippen molar-refractivity contribution < 1.29 is 9.13 Å². The molecule has 18 heavy (non-hydrogen) atoms. The number of hydrogen-bond donors (Lipinski definition) is 1. The van der Waals surface area contributed by atoms with Gasteiger partial charge in [-0.2, -0.15) is 0 Å². The summed E-state index contributed by atoms with van der Waals surface area (Å²) in [5, 5.41) is 3.48. The maximum absolute atomic E-state index is 13.4. The molecule has 0 amide bonds. The van der Waals surface area contributed by atoms with E-state index >= 15 is 0 Å². The molecule has 2 nitrogen and oxygen atoms in total. The highest BCUT2D eigenvalue weighted by Gasteiger charge is 2.19. The summed E-state index contributed by atoms with van der Waals surface area (Å²) in [5.74, 6) is 0.531. The van der Waals surface area contributed by atoms with Crippen LogP contribution in [-0.2, 0) is 0 Å². The lowest BCUT2D eigenvalue weighted by molar-refractivity contribution is 0.361. The summed E-state index contributed by atoms with van der Waals surface area (Å²) < 4.78 is 18.5. The summed E-state index contributed by atoms with van der Waals surface area (Å²) >= 11 is 0. The van der Waals surface area contributed by atoms with E-state index in [1.807, 2.05) is 6.07 Å². The van der Waals surface area contributed by atoms with Gasteiger partial charge >= 0.3 is 0 Å². The minimum Gasteiger partial charge on any atom is -0.494 e. The van der Waals surface area contributed by atoms with E-state index in [4.69, 9.17) is 4.74 Å². The highest BCUT2D eigenvalue weighted by molar-refractivity contribution is 5.32. The minimum absolute atomic E-state index is 0.254. The second kappa shape index (κ2) is 7.37. The maximum Gasteiger partial charge on any atom is 0.165 e. The van der Waals surface area contributed by atoms with Crippen LogP contribution >= 0.6 is 0 Å². The molecule has 0 aliphatic heterocycles. The lowest BCUT2D eigenvalue weighted by Crippen LogP contribution is -2.26. The van der Waals surface area contributed by atoms with Crippen LogP contribution in [0.4, 0.5) is 4.39 Å². The fraction of sp³-hybridized carbons (Fsp3) is 0.600. The summed E-state index contributed by atoms with van der Waals surface area (Å²) in [4.78, 5) is 0. The van der Waals surface area contributed by atoms with Gasteiger partial charge in [0.05, 0.1) is 7.11 Å². The topological polar surface area (TPSA) is 21.3 Å². The Balaban J connectivity index is 2.97. The molecular formula is C15H24FNO. The minimum atomic E-state index is -0.306. The smallest absolute Gasteiger partial charge is 0.165 e. The number of halogens is 1. The van der Waals surface area contributed by atoms with Crippen molar-refractivity contribution in [1.29, 1.82) is 0 Å². The molecule has 1 aromatic carbocycles. The molecule has 2 unspecified atom stereocenters. The van der Waals surface area contributed by atoms with Crippen LogP contribution in [0.2, 0.25) is 0 Å². The molecule has 3 heteroatoms. The van der Waals surface area contributed by atoms with Crippen LogP contribution in [0.3, 0.4) is 0 Å². The normalized spacial score (nSPS) is 14.3. The Labute approximate surface area is 110 Å². The molecule has 0 spiro atoms. The van der Waals surface area contributed by atoms with Gasteiger partial charge < -0.3 is 10.1 Å². The van der Waals surface area contributed by atoms with Crippen LogP contribution in [0, 0.1) is 11.7 Å². The van der Waals surface area contributed by atoms with E-state index in [0.717, 1.165) is 24.9 Å². The van der Waals surface area contributed by atoms with Gasteiger partial charge in [-0.25, -0.2) is 4.39 Å². The SMILES string of the molecule is CCCC(C)C(NCC)c1ccc(F)c(OC)c1. The van der Waals surface area contributed by atoms with Gasteiger partial charge in [-0.15, -0.1) is 0 Å². The van der Waals surface area contributed by atoms with Crippen molar-refractivity contribution in [3.63, 3.8) is 0 Å². The Kier molecular flexibility index (Phi) is 6.13. The molecule has 0 aliphatic rings. The lowest BCUT2D eigenvalue weighted by atomic mass is 9.91. The number of hydrogen-bond acceptors (Lipinski definition) is 2. The third kappa shape index (κ3) is 3.70. The van der Waals surface area contributed by atoms with E-state index in [9.17, 15) is 4.39 Å². The van der Waals surface area contributed by atoms with Gasteiger partial charge in [-0.3, -0.25) is 0 Å². The zero-order chi connectivity index (χ0) is 13.5. The molecule has 1 aromatic rings. The van der Waals surface area contributed by atoms with Gasteiger partial charge in [-0.1, -0.05) is 33.3 Å². The summed E-state index contributed by atoms with van der Waals surface area (Å²) in [6.45, 7) is 7.41. The highest BCUT2D eigenvalue weighted by Crippen LogP contribution is 2.29. The van der Waals surface area contributed by atoms with Crippen molar-refractivity contribution in [2.45, 2.75) is 39.7 Å². The Morgan fingerprint density at radius 3 is 2.61 bits per heavy atom. The first-order valence-corrected chi connectivity index (χ1v) is 6.70. The zero-order valence-corrected chi connectivity index (χ0v) is 11.8. The maximum atomic E-state index is 13.4. The van der Waals surface area contributed by atoms with Crippen LogP contribution in [0.5, 0.6) is 5.75 Å². The van der Waals surface area contributed by atoms with Gasteiger partial charge in [0.25, 0.3) is 0 Å². The predicted octanol–water partition coefficient (Wildman–Crippen LogP) is 3.92. The van der Waals surface area contributed by atoms with Crippen molar-refractivity contribution in [2.24, 2.45) is 5.92 Å². The van der Waals surface area contributed by atoms with Crippen LogP contribution in [0.25, 0.3) is 0 Å². The molecule has 2 atom stereocenters. The molecule has 0 bridgehead atoms. The molecule has 0 aromatic heterocycles. The summed E-state index contributed by atoms with van der Waals surface area (Å²) in [5.41, 5.74) is 1.09. The predicted molar refractivity (Wildman–Crippen MR) is 73.4 cm³/mol. The first kappa shape index (κ1) is 15.0. The fourth-order valence-corrected chi connectivity index (χ4v) is 2.36. The van der Waals surface area contributed by atoms with E-state index in [1.165, 1.54) is 13.2 Å². The standard InChI is InChI=1S/C15H24FNO/c1-5-7-11(3)15(17-6-2)12-8-9-13(16)14(10-12)18-4/h8-11,15,17H,5-7H2,1-4H3. The summed E-state index contributed by atoms with van der Waals surface area (Å²) in [6, 6.07) is 5.38. The molecule has 1 N–H and O–H groups in total. The number of ether oxygens (including phenoxy) is 1. The van der Waals surface area contributed by atoms with Crippen LogP contribution in [-0.4, -0.2) is 13.7 Å². The largest absolute Gasteiger partial charge is 0.494 e. The van der Waals surface area contributed by atoms with E-state index < -0.39 is 0 Å². The number of nitrogens with one attached hydrogen (secondary N) is 1. The Morgan fingerprint density at radius 2 is 2.06 bits per heavy atom. The van der Waals surface area contributed by atoms with E-state index in [1.54, 1.807) is 6.07 Å². The fourth-order valence-electron chi connectivity index (χ4n) is 2.36. The molecule has 1 rings (SSSR count). The van der Waals surface area contributed by atoms with Gasteiger partial charge in [0.1, 0.15) is 0 Å². The van der Waals surface area contributed by atoms with Crippen molar-refractivity contribution in [3.8, 4) is 5.75 Å². The van der Waals surface area contributed by atoms with E-state index in [0.29, 0.717) is 11.7 Å². The average Bonchev–Trinajstić information content (AvgIpc) is 2.37. The van der Waals surface area contributed by atoms with Crippen molar-refractivity contribution in [3.05, 3.63) is 29.6 Å². The zero-order valence-electron chi connectivity index (χ0n) is 11.8. The highest BCUT2D eigenvalue weighted by atomic mass is 19.1. The number of methoxy groups -OCH3 is 1. The third-order valence-electron chi connectivity index (χ3n) is 3.27. The van der Waals surface area contributed by atoms with Crippen molar-refractivity contribution in [2.75, 3.05) is 13.7 Å². The van der Waals surface area contributed by atoms with Crippen LogP contribution in [0.1, 0.15) is 45.2 Å². The Bertz CT molecular complexity index is 368. The molecule has 0 saturated carbocycles. The van der Waals surface area contributed by atoms with Crippen molar-refractivity contribution >= 4 is 0 Å². The molecular weight excluding hydrogens is 229 g/mol. The number of rotatable bonds is 7. The second-order valence-corrected chi connectivity index (χ2v) is 4.70. The Hall–Kier alpha value is -1.09. The number of benzene rings is 1. The van der Waals surface area contributed by atoms with Gasteiger partial charge in [0.15, 0.2) is 11.6 Å². The average molecular weight is 253 g/mol. The second-order valence-electron chi connectivity index (χ2n) is 4.70. The molecule has 0 fully saturated rings. The van der Waals surface area contributed by atoms with Gasteiger partial charge in [0.2, 0.25) is 0 Å². The van der Waals surface area contributed by atoms with Crippen LogP contribution in [0.15, 0.2) is 18.2 Å². The lowest BCUT2D eigenvalue weighted by Gasteiger charge is -2.25. The molecule has 102 valence electrons. The first-order valence-electron chi connectivity index (χ1n) is 6.70. The molecule has 0 aliphatic carbocycles. The molecule has 0 radical (unpaired) electrons.